The molecule has 0 spiro atoms. The van der Waals surface area contributed by atoms with Gasteiger partial charge in [-0.3, -0.25) is 14.4 Å². The number of hydrogen-bond acceptors (Lipinski definition) is 5. The highest BCUT2D eigenvalue weighted by Crippen LogP contribution is 2.31. The molecule has 1 aromatic heterocycles. The normalized spacial score (nSPS) is 20.6. The molecule has 2 aliphatic rings. The van der Waals surface area contributed by atoms with Crippen LogP contribution in [0.25, 0.3) is 0 Å². The van der Waals surface area contributed by atoms with E-state index in [9.17, 15) is 19.5 Å². The van der Waals surface area contributed by atoms with Gasteiger partial charge in [-0.25, -0.2) is 4.98 Å². The van der Waals surface area contributed by atoms with Crippen LogP contribution in [0.15, 0.2) is 42.6 Å². The first-order valence-corrected chi connectivity index (χ1v) is 12.8. The zero-order valence-electron chi connectivity index (χ0n) is 21.4. The molecule has 2 fully saturated rings. The van der Waals surface area contributed by atoms with Gasteiger partial charge in [-0.1, -0.05) is 32.9 Å². The van der Waals surface area contributed by atoms with Crippen LogP contribution in [0, 0.1) is 11.8 Å². The van der Waals surface area contributed by atoms with Gasteiger partial charge < -0.3 is 20.2 Å². The van der Waals surface area contributed by atoms with Crippen LogP contribution in [0.2, 0.25) is 0 Å². The summed E-state index contributed by atoms with van der Waals surface area (Å²) in [6.07, 6.45) is 4.06. The van der Waals surface area contributed by atoms with Gasteiger partial charge in [0.2, 0.25) is 5.91 Å². The molecule has 2 N–H and O–H groups in total. The largest absolute Gasteiger partial charge is 0.481 e. The van der Waals surface area contributed by atoms with Crippen molar-refractivity contribution in [1.82, 2.24) is 9.88 Å². The maximum atomic E-state index is 12.9. The summed E-state index contributed by atoms with van der Waals surface area (Å²) in [4.78, 5) is 45.4. The monoisotopic (exact) mass is 492 g/mol. The number of benzene rings is 1. The molecule has 2 heterocycles. The van der Waals surface area contributed by atoms with Gasteiger partial charge >= 0.3 is 5.97 Å². The highest BCUT2D eigenvalue weighted by molar-refractivity contribution is 6.04. The fourth-order valence-electron chi connectivity index (χ4n) is 4.98. The zero-order valence-corrected chi connectivity index (χ0v) is 21.4. The number of carbonyl (C=O) groups is 3. The number of piperazine rings is 1. The molecule has 36 heavy (non-hydrogen) atoms. The minimum absolute atomic E-state index is 0.00159. The zero-order chi connectivity index (χ0) is 25.9. The molecule has 0 bridgehead atoms. The van der Waals surface area contributed by atoms with Crippen molar-refractivity contribution in [2.75, 3.05) is 36.4 Å². The van der Waals surface area contributed by atoms with Crippen molar-refractivity contribution in [3.63, 3.8) is 0 Å². The van der Waals surface area contributed by atoms with Crippen molar-refractivity contribution in [2.24, 2.45) is 11.8 Å². The molecule has 2 aromatic rings. The van der Waals surface area contributed by atoms with E-state index >= 15 is 0 Å². The highest BCUT2D eigenvalue weighted by Gasteiger charge is 2.33. The van der Waals surface area contributed by atoms with Gasteiger partial charge in [-0.05, 0) is 60.9 Å². The molecular formula is C28H36N4O4. The summed E-state index contributed by atoms with van der Waals surface area (Å²) in [6, 6.07) is 11.5. The second kappa shape index (κ2) is 10.7. The van der Waals surface area contributed by atoms with Crippen molar-refractivity contribution in [1.29, 1.82) is 0 Å². The minimum atomic E-state index is -0.750. The van der Waals surface area contributed by atoms with E-state index < -0.39 is 5.97 Å². The number of anilines is 2. The quantitative estimate of drug-likeness (QED) is 0.649. The van der Waals surface area contributed by atoms with Crippen molar-refractivity contribution < 1.29 is 19.5 Å². The lowest BCUT2D eigenvalue weighted by Gasteiger charge is -2.38. The number of rotatable bonds is 5. The van der Waals surface area contributed by atoms with Crippen molar-refractivity contribution in [3.05, 3.63) is 53.7 Å². The third kappa shape index (κ3) is 6.04. The number of aliphatic carboxylic acids is 1. The van der Waals surface area contributed by atoms with Crippen molar-refractivity contribution >= 4 is 29.3 Å². The number of hydrogen-bond donors (Lipinski definition) is 2. The number of carbonyl (C=O) groups excluding carboxylic acids is 2. The SMILES string of the molecule is CC(C)(C)c1cccc(NC(=O)c2ccc(N3CCN(C(=O)[C@H]4CC[C@H](C(=O)O)CC4)CC3)nc2)c1. The van der Waals surface area contributed by atoms with Crippen LogP contribution in [0.1, 0.15) is 62.4 Å². The first kappa shape index (κ1) is 25.7. The number of carboxylic acids is 1. The van der Waals surface area contributed by atoms with Crippen LogP contribution in [0.3, 0.4) is 0 Å². The molecule has 192 valence electrons. The van der Waals surface area contributed by atoms with Gasteiger partial charge in [-0.15, -0.1) is 0 Å². The maximum Gasteiger partial charge on any atom is 0.306 e. The van der Waals surface area contributed by atoms with Gasteiger partial charge in [0.15, 0.2) is 0 Å². The van der Waals surface area contributed by atoms with Gasteiger partial charge in [0, 0.05) is 44.0 Å². The fraction of sp³-hybridized carbons (Fsp3) is 0.500. The Labute approximate surface area is 212 Å². The molecule has 8 nitrogen and oxygen atoms in total. The molecule has 0 unspecified atom stereocenters. The third-order valence-electron chi connectivity index (χ3n) is 7.34. The van der Waals surface area contributed by atoms with Crippen LogP contribution in [0.5, 0.6) is 0 Å². The third-order valence-corrected chi connectivity index (χ3v) is 7.34. The highest BCUT2D eigenvalue weighted by atomic mass is 16.4. The number of pyridine rings is 1. The van der Waals surface area contributed by atoms with Crippen LogP contribution < -0.4 is 10.2 Å². The molecule has 2 amide bonds. The van der Waals surface area contributed by atoms with E-state index in [2.05, 4.69) is 42.0 Å². The van der Waals surface area contributed by atoms with E-state index in [0.717, 1.165) is 17.1 Å². The summed E-state index contributed by atoms with van der Waals surface area (Å²) in [7, 11) is 0. The number of aromatic nitrogens is 1. The Morgan fingerprint density at radius 1 is 0.944 bits per heavy atom. The molecule has 1 aromatic carbocycles. The fourth-order valence-corrected chi connectivity index (χ4v) is 4.98. The van der Waals surface area contributed by atoms with Gasteiger partial charge in [-0.2, -0.15) is 0 Å². The van der Waals surface area contributed by atoms with E-state index in [1.165, 1.54) is 0 Å². The Bertz CT molecular complexity index is 1090. The Kier molecular flexibility index (Phi) is 7.62. The molecular weight excluding hydrogens is 456 g/mol. The summed E-state index contributed by atoms with van der Waals surface area (Å²) in [5.74, 6) is -0.388. The van der Waals surface area contributed by atoms with E-state index in [-0.39, 0.29) is 29.1 Å². The van der Waals surface area contributed by atoms with E-state index in [4.69, 9.17) is 0 Å². The van der Waals surface area contributed by atoms with E-state index in [1.807, 2.05) is 29.2 Å². The topological polar surface area (TPSA) is 103 Å². The Balaban J connectivity index is 1.29. The second-order valence-electron chi connectivity index (χ2n) is 10.9. The van der Waals surface area contributed by atoms with Crippen LogP contribution in [-0.2, 0) is 15.0 Å². The smallest absolute Gasteiger partial charge is 0.306 e. The lowest BCUT2D eigenvalue weighted by molar-refractivity contribution is -0.145. The molecule has 0 radical (unpaired) electrons. The first-order valence-electron chi connectivity index (χ1n) is 12.8. The standard InChI is InChI=1S/C28H36N4O4/c1-28(2,3)22-5-4-6-23(17-22)30-25(33)21-11-12-24(29-18-21)31-13-15-32(16-14-31)26(34)19-7-9-20(10-8-19)27(35)36/h4-6,11-12,17-20H,7-10,13-16H2,1-3H3,(H,30,33)(H,35,36)/t19-,20-. The number of amides is 2. The predicted octanol–water partition coefficient (Wildman–Crippen LogP) is 4.17. The second-order valence-corrected chi connectivity index (χ2v) is 10.9. The lowest BCUT2D eigenvalue weighted by atomic mass is 9.81. The Hall–Kier alpha value is -3.42. The van der Waals surface area contributed by atoms with Gasteiger partial charge in [0.1, 0.15) is 5.82 Å². The lowest BCUT2D eigenvalue weighted by Crippen LogP contribution is -2.51. The van der Waals surface area contributed by atoms with Crippen LogP contribution in [-0.4, -0.2) is 59.0 Å². The van der Waals surface area contributed by atoms with E-state index in [1.54, 1.807) is 12.3 Å². The van der Waals surface area contributed by atoms with Crippen LogP contribution >= 0.6 is 0 Å². The average Bonchev–Trinajstić information content (AvgIpc) is 2.88. The summed E-state index contributed by atoms with van der Waals surface area (Å²) in [5.41, 5.74) is 2.40. The Morgan fingerprint density at radius 3 is 2.19 bits per heavy atom. The van der Waals surface area contributed by atoms with Crippen molar-refractivity contribution in [2.45, 2.75) is 51.9 Å². The Morgan fingerprint density at radius 2 is 1.61 bits per heavy atom. The predicted molar refractivity (Wildman–Crippen MR) is 139 cm³/mol. The van der Waals surface area contributed by atoms with Gasteiger partial charge in [0.25, 0.3) is 5.91 Å². The minimum Gasteiger partial charge on any atom is -0.481 e. The number of nitrogens with one attached hydrogen (secondary N) is 1. The molecule has 1 aliphatic heterocycles. The summed E-state index contributed by atoms with van der Waals surface area (Å²) in [6.45, 7) is 9.00. The first-order chi connectivity index (χ1) is 17.1. The van der Waals surface area contributed by atoms with Gasteiger partial charge in [0.05, 0.1) is 11.5 Å². The molecule has 8 heteroatoms. The molecule has 4 rings (SSSR count). The summed E-state index contributed by atoms with van der Waals surface area (Å²) >= 11 is 0. The number of nitrogens with zero attached hydrogens (tertiary/aromatic N) is 3. The summed E-state index contributed by atoms with van der Waals surface area (Å²) < 4.78 is 0. The average molecular weight is 493 g/mol. The van der Waals surface area contributed by atoms with E-state index in [0.29, 0.717) is 57.4 Å². The molecule has 1 saturated carbocycles. The molecule has 1 saturated heterocycles. The van der Waals surface area contributed by atoms with Crippen molar-refractivity contribution in [3.8, 4) is 0 Å². The maximum absolute atomic E-state index is 12.9. The molecule has 0 atom stereocenters. The number of carboxylic acid groups (broad SMARTS) is 1. The van der Waals surface area contributed by atoms with Crippen LogP contribution in [0.4, 0.5) is 11.5 Å². The summed E-state index contributed by atoms with van der Waals surface area (Å²) in [5, 5.41) is 12.1. The molecule has 1 aliphatic carbocycles.